The number of ether oxygens (including phenoxy) is 1. The summed E-state index contributed by atoms with van der Waals surface area (Å²) >= 11 is 6.52. The zero-order valence-electron chi connectivity index (χ0n) is 12.3. The van der Waals surface area contributed by atoms with Crippen LogP contribution in [0.2, 0.25) is 5.02 Å². The first kappa shape index (κ1) is 13.9. The first-order valence-electron chi connectivity index (χ1n) is 7.12. The SMILES string of the molecule is COc1nc2cc3cccnc3c(Cl)c2nc1-c1ccccc1. The van der Waals surface area contributed by atoms with Crippen LogP contribution in [0.4, 0.5) is 0 Å². The summed E-state index contributed by atoms with van der Waals surface area (Å²) in [5.74, 6) is 0.475. The van der Waals surface area contributed by atoms with E-state index in [1.54, 1.807) is 13.3 Å². The van der Waals surface area contributed by atoms with E-state index in [2.05, 4.69) is 9.97 Å². The van der Waals surface area contributed by atoms with Gasteiger partial charge in [0.2, 0.25) is 5.88 Å². The molecule has 5 heteroatoms. The fraction of sp³-hybridized carbons (Fsp3) is 0.0556. The van der Waals surface area contributed by atoms with Gasteiger partial charge >= 0.3 is 0 Å². The van der Waals surface area contributed by atoms with Crippen LogP contribution in [0, 0.1) is 0 Å². The second-order valence-electron chi connectivity index (χ2n) is 5.08. The van der Waals surface area contributed by atoms with Crippen LogP contribution in [0.25, 0.3) is 33.2 Å². The summed E-state index contributed by atoms with van der Waals surface area (Å²) in [5, 5.41) is 1.43. The number of hydrogen-bond acceptors (Lipinski definition) is 4. The van der Waals surface area contributed by atoms with Gasteiger partial charge < -0.3 is 4.74 Å². The van der Waals surface area contributed by atoms with Crippen LogP contribution in [-0.4, -0.2) is 22.1 Å². The van der Waals surface area contributed by atoms with E-state index in [1.165, 1.54) is 0 Å². The normalized spacial score (nSPS) is 11.0. The molecule has 2 aromatic carbocycles. The van der Waals surface area contributed by atoms with Crippen LogP contribution in [-0.2, 0) is 0 Å². The molecule has 0 N–H and O–H groups in total. The van der Waals surface area contributed by atoms with Gasteiger partial charge in [0, 0.05) is 17.1 Å². The highest BCUT2D eigenvalue weighted by Gasteiger charge is 2.15. The molecule has 0 aliphatic carbocycles. The van der Waals surface area contributed by atoms with Crippen molar-refractivity contribution in [1.29, 1.82) is 0 Å². The molecule has 0 saturated carbocycles. The van der Waals surface area contributed by atoms with E-state index < -0.39 is 0 Å². The molecule has 0 atom stereocenters. The van der Waals surface area contributed by atoms with Gasteiger partial charge in [-0.3, -0.25) is 4.98 Å². The van der Waals surface area contributed by atoms with Crippen LogP contribution in [0.5, 0.6) is 5.88 Å². The Hall–Kier alpha value is -2.72. The summed E-state index contributed by atoms with van der Waals surface area (Å²) < 4.78 is 5.43. The van der Waals surface area contributed by atoms with Crippen LogP contribution in [0.3, 0.4) is 0 Å². The average molecular weight is 322 g/mol. The quantitative estimate of drug-likeness (QED) is 0.510. The highest BCUT2D eigenvalue weighted by atomic mass is 35.5. The number of methoxy groups -OCH3 is 1. The number of hydrogen-bond donors (Lipinski definition) is 0. The topological polar surface area (TPSA) is 47.9 Å². The summed E-state index contributed by atoms with van der Waals surface area (Å²) in [5.41, 5.74) is 3.62. The van der Waals surface area contributed by atoms with Crippen molar-refractivity contribution < 1.29 is 4.74 Å². The Labute approximate surface area is 137 Å². The average Bonchev–Trinajstić information content (AvgIpc) is 2.62. The Balaban J connectivity index is 2.09. The summed E-state index contributed by atoms with van der Waals surface area (Å²) in [7, 11) is 1.59. The Bertz CT molecular complexity index is 1020. The van der Waals surface area contributed by atoms with Gasteiger partial charge in [-0.05, 0) is 12.1 Å². The van der Waals surface area contributed by atoms with E-state index in [0.717, 1.165) is 16.5 Å². The number of halogens is 1. The van der Waals surface area contributed by atoms with E-state index in [1.807, 2.05) is 48.5 Å². The summed E-state index contributed by atoms with van der Waals surface area (Å²) in [6, 6.07) is 15.5. The van der Waals surface area contributed by atoms with Gasteiger partial charge in [-0.25, -0.2) is 9.97 Å². The maximum atomic E-state index is 6.52. The van der Waals surface area contributed by atoms with Crippen molar-refractivity contribution in [3.8, 4) is 17.1 Å². The lowest BCUT2D eigenvalue weighted by molar-refractivity contribution is 0.400. The first-order valence-corrected chi connectivity index (χ1v) is 7.50. The largest absolute Gasteiger partial charge is 0.479 e. The minimum absolute atomic E-state index is 0.475. The molecular formula is C18H12ClN3O. The third kappa shape index (κ3) is 2.28. The van der Waals surface area contributed by atoms with Crippen molar-refractivity contribution in [3.63, 3.8) is 0 Å². The van der Waals surface area contributed by atoms with Crippen molar-refractivity contribution in [1.82, 2.24) is 15.0 Å². The standard InChI is InChI=1S/C18H12ClN3O/c1-23-18-16(11-6-3-2-4-7-11)22-17-13(21-18)10-12-8-5-9-20-15(12)14(17)19/h2-10H,1H3. The molecule has 23 heavy (non-hydrogen) atoms. The first-order chi connectivity index (χ1) is 11.3. The van der Waals surface area contributed by atoms with Gasteiger partial charge in [0.05, 0.1) is 23.2 Å². The summed E-state index contributed by atoms with van der Waals surface area (Å²) in [6.45, 7) is 0. The van der Waals surface area contributed by atoms with Gasteiger partial charge in [0.15, 0.2) is 0 Å². The summed E-state index contributed by atoms with van der Waals surface area (Å²) in [4.78, 5) is 13.6. The van der Waals surface area contributed by atoms with Crippen molar-refractivity contribution in [2.45, 2.75) is 0 Å². The van der Waals surface area contributed by atoms with Crippen molar-refractivity contribution in [2.75, 3.05) is 7.11 Å². The molecule has 0 fully saturated rings. The van der Waals surface area contributed by atoms with Crippen molar-refractivity contribution in [2.24, 2.45) is 0 Å². The number of fused-ring (bicyclic) bond motifs is 2. The van der Waals surface area contributed by atoms with E-state index in [-0.39, 0.29) is 0 Å². The molecule has 4 rings (SSSR count). The lowest BCUT2D eigenvalue weighted by Gasteiger charge is -2.10. The molecule has 0 unspecified atom stereocenters. The smallest absolute Gasteiger partial charge is 0.240 e. The molecule has 0 bridgehead atoms. The second-order valence-corrected chi connectivity index (χ2v) is 5.46. The Morgan fingerprint density at radius 3 is 2.57 bits per heavy atom. The van der Waals surface area contributed by atoms with Gasteiger partial charge in [-0.15, -0.1) is 0 Å². The molecule has 0 aliphatic rings. The zero-order chi connectivity index (χ0) is 15.8. The predicted octanol–water partition coefficient (Wildman–Crippen LogP) is 4.51. The third-order valence-corrected chi connectivity index (χ3v) is 4.04. The van der Waals surface area contributed by atoms with Gasteiger partial charge in [0.25, 0.3) is 0 Å². The number of rotatable bonds is 2. The third-order valence-electron chi connectivity index (χ3n) is 3.68. The molecule has 0 spiro atoms. The Kier molecular flexibility index (Phi) is 3.32. The van der Waals surface area contributed by atoms with E-state index in [9.17, 15) is 0 Å². The second kappa shape index (κ2) is 5.48. The number of benzene rings is 2. The predicted molar refractivity (Wildman–Crippen MR) is 91.8 cm³/mol. The molecule has 4 aromatic rings. The molecule has 2 heterocycles. The molecule has 0 saturated heterocycles. The minimum Gasteiger partial charge on any atom is -0.479 e. The highest BCUT2D eigenvalue weighted by molar-refractivity contribution is 6.39. The van der Waals surface area contributed by atoms with E-state index >= 15 is 0 Å². The molecule has 112 valence electrons. The summed E-state index contributed by atoms with van der Waals surface area (Å²) in [6.07, 6.45) is 1.72. The number of pyridine rings is 1. The van der Waals surface area contributed by atoms with E-state index in [0.29, 0.717) is 27.6 Å². The Morgan fingerprint density at radius 2 is 1.78 bits per heavy atom. The lowest BCUT2D eigenvalue weighted by Crippen LogP contribution is -1.97. The van der Waals surface area contributed by atoms with Crippen molar-refractivity contribution in [3.05, 3.63) is 59.8 Å². The van der Waals surface area contributed by atoms with Crippen LogP contribution < -0.4 is 4.74 Å². The molecular weight excluding hydrogens is 310 g/mol. The lowest BCUT2D eigenvalue weighted by atomic mass is 10.1. The molecule has 0 radical (unpaired) electrons. The minimum atomic E-state index is 0.475. The molecule has 0 aliphatic heterocycles. The van der Waals surface area contributed by atoms with Crippen LogP contribution in [0.1, 0.15) is 0 Å². The maximum Gasteiger partial charge on any atom is 0.240 e. The van der Waals surface area contributed by atoms with E-state index in [4.69, 9.17) is 21.3 Å². The Morgan fingerprint density at radius 1 is 0.957 bits per heavy atom. The monoisotopic (exact) mass is 321 g/mol. The maximum absolute atomic E-state index is 6.52. The fourth-order valence-corrected chi connectivity index (χ4v) is 2.89. The van der Waals surface area contributed by atoms with Gasteiger partial charge in [-0.1, -0.05) is 48.0 Å². The van der Waals surface area contributed by atoms with Crippen LogP contribution in [0.15, 0.2) is 54.7 Å². The molecule has 2 aromatic heterocycles. The zero-order valence-corrected chi connectivity index (χ0v) is 13.1. The van der Waals surface area contributed by atoms with Gasteiger partial charge in [0.1, 0.15) is 11.2 Å². The highest BCUT2D eigenvalue weighted by Crippen LogP contribution is 2.34. The van der Waals surface area contributed by atoms with Crippen LogP contribution >= 0.6 is 11.6 Å². The molecule has 0 amide bonds. The number of aromatic nitrogens is 3. The van der Waals surface area contributed by atoms with Gasteiger partial charge in [-0.2, -0.15) is 0 Å². The molecule has 4 nitrogen and oxygen atoms in total. The van der Waals surface area contributed by atoms with Crippen molar-refractivity contribution >= 4 is 33.5 Å². The fourth-order valence-electron chi connectivity index (χ4n) is 2.60. The number of nitrogens with zero attached hydrogens (tertiary/aromatic N) is 3.